The van der Waals surface area contributed by atoms with E-state index in [0.29, 0.717) is 6.61 Å². The van der Waals surface area contributed by atoms with Gasteiger partial charge in [-0.3, -0.25) is 4.90 Å². The first-order valence-corrected chi connectivity index (χ1v) is 6.57. The molecule has 0 spiro atoms. The molecule has 1 heterocycles. The first kappa shape index (κ1) is 14.9. The van der Waals surface area contributed by atoms with Gasteiger partial charge in [0.25, 0.3) is 0 Å². The van der Waals surface area contributed by atoms with E-state index in [0.717, 1.165) is 32.5 Å². The molecule has 0 unspecified atom stereocenters. The van der Waals surface area contributed by atoms with Crippen molar-refractivity contribution in [1.82, 2.24) is 4.90 Å². The van der Waals surface area contributed by atoms with E-state index in [-0.39, 0.29) is 5.41 Å². The van der Waals surface area contributed by atoms with Crippen molar-refractivity contribution in [1.29, 1.82) is 0 Å². The highest BCUT2D eigenvalue weighted by molar-refractivity contribution is 5.26. The van der Waals surface area contributed by atoms with Gasteiger partial charge in [0.15, 0.2) is 0 Å². The zero-order valence-electron chi connectivity index (χ0n) is 11.4. The lowest BCUT2D eigenvalue weighted by Crippen LogP contribution is -2.41. The van der Waals surface area contributed by atoms with Gasteiger partial charge in [0.1, 0.15) is 0 Å². The predicted octanol–water partition coefficient (Wildman–Crippen LogP) is 2.94. The van der Waals surface area contributed by atoms with Crippen LogP contribution in [0, 0.1) is 5.41 Å². The molecule has 0 saturated carbocycles. The van der Waals surface area contributed by atoms with Crippen molar-refractivity contribution in [3.8, 4) is 0 Å². The summed E-state index contributed by atoms with van der Waals surface area (Å²) < 4.78 is 0. The number of likely N-dealkylation sites (tertiary alicyclic amines) is 1. The molecule has 18 heavy (non-hydrogen) atoms. The monoisotopic (exact) mass is 247 g/mol. The molecule has 0 amide bonds. The molecule has 100 valence electrons. The molecule has 0 atom stereocenters. The Morgan fingerprint density at radius 3 is 2.44 bits per heavy atom. The first-order valence-electron chi connectivity index (χ1n) is 6.57. The molecule has 0 aromatic rings. The van der Waals surface area contributed by atoms with Gasteiger partial charge >= 0.3 is 0 Å². The lowest BCUT2D eigenvalue weighted by molar-refractivity contribution is 0.0627. The Bertz CT molecular complexity index is 333. The van der Waals surface area contributed by atoms with Gasteiger partial charge in [-0.2, -0.15) is 0 Å². The number of piperidine rings is 1. The molecule has 0 bridgehead atoms. The Kier molecular flexibility index (Phi) is 6.10. The SMILES string of the molecule is C=C/C=C\C(=C/C=C)CN1CCC(C)(CO)CC1. The van der Waals surface area contributed by atoms with Crippen LogP contribution in [0.25, 0.3) is 0 Å². The van der Waals surface area contributed by atoms with E-state index in [1.807, 2.05) is 18.2 Å². The molecule has 1 fully saturated rings. The van der Waals surface area contributed by atoms with Crippen LogP contribution in [-0.2, 0) is 0 Å². The number of aliphatic hydroxyl groups excluding tert-OH is 1. The maximum atomic E-state index is 9.35. The number of aliphatic hydroxyl groups is 1. The molecule has 1 aliphatic heterocycles. The molecular weight excluding hydrogens is 222 g/mol. The van der Waals surface area contributed by atoms with E-state index in [2.05, 4.69) is 31.1 Å². The normalized spacial score (nSPS) is 21.1. The van der Waals surface area contributed by atoms with E-state index in [1.165, 1.54) is 5.57 Å². The molecular formula is C16H25NO. The molecule has 0 aliphatic carbocycles. The zero-order valence-corrected chi connectivity index (χ0v) is 11.4. The summed E-state index contributed by atoms with van der Waals surface area (Å²) in [6, 6.07) is 0. The van der Waals surface area contributed by atoms with Gasteiger partial charge in [0, 0.05) is 13.2 Å². The average Bonchev–Trinajstić information content (AvgIpc) is 2.39. The van der Waals surface area contributed by atoms with Crippen LogP contribution >= 0.6 is 0 Å². The van der Waals surface area contributed by atoms with Crippen molar-refractivity contribution in [3.63, 3.8) is 0 Å². The van der Waals surface area contributed by atoms with Crippen molar-refractivity contribution in [2.75, 3.05) is 26.2 Å². The Balaban J connectivity index is 2.52. The van der Waals surface area contributed by atoms with Crippen molar-refractivity contribution < 1.29 is 5.11 Å². The lowest BCUT2D eigenvalue weighted by atomic mass is 9.81. The molecule has 1 N–H and O–H groups in total. The molecule has 1 saturated heterocycles. The highest BCUT2D eigenvalue weighted by Gasteiger charge is 2.29. The highest BCUT2D eigenvalue weighted by atomic mass is 16.3. The number of hydrogen-bond donors (Lipinski definition) is 1. The number of allylic oxidation sites excluding steroid dienone is 4. The second-order valence-electron chi connectivity index (χ2n) is 5.32. The number of nitrogens with zero attached hydrogens (tertiary/aromatic N) is 1. The van der Waals surface area contributed by atoms with Gasteiger partial charge in [0.05, 0.1) is 0 Å². The van der Waals surface area contributed by atoms with Crippen LogP contribution in [0.4, 0.5) is 0 Å². The maximum absolute atomic E-state index is 9.35. The fraction of sp³-hybridized carbons (Fsp3) is 0.500. The van der Waals surface area contributed by atoms with E-state index in [1.54, 1.807) is 6.08 Å². The Hall–Kier alpha value is -1.12. The van der Waals surface area contributed by atoms with Crippen LogP contribution in [0.15, 0.2) is 49.1 Å². The Morgan fingerprint density at radius 1 is 1.28 bits per heavy atom. The minimum Gasteiger partial charge on any atom is -0.396 e. The first-order chi connectivity index (χ1) is 8.63. The maximum Gasteiger partial charge on any atom is 0.0485 e. The topological polar surface area (TPSA) is 23.5 Å². The van der Waals surface area contributed by atoms with E-state index < -0.39 is 0 Å². The standard InChI is InChI=1S/C16H25NO/c1-4-6-8-15(7-5-2)13-17-11-9-16(3,14-18)10-12-17/h4-8,18H,1-2,9-14H2,3H3/b8-6-,15-7+. The van der Waals surface area contributed by atoms with Gasteiger partial charge in [-0.15, -0.1) is 0 Å². The number of hydrogen-bond acceptors (Lipinski definition) is 2. The summed E-state index contributed by atoms with van der Waals surface area (Å²) in [6.07, 6.45) is 11.8. The largest absolute Gasteiger partial charge is 0.396 e. The van der Waals surface area contributed by atoms with Crippen LogP contribution in [0.1, 0.15) is 19.8 Å². The summed E-state index contributed by atoms with van der Waals surface area (Å²) in [5.74, 6) is 0. The van der Waals surface area contributed by atoms with Crippen LogP contribution in [-0.4, -0.2) is 36.2 Å². The van der Waals surface area contributed by atoms with Crippen LogP contribution in [0.2, 0.25) is 0 Å². The summed E-state index contributed by atoms with van der Waals surface area (Å²) in [6.45, 7) is 12.9. The second kappa shape index (κ2) is 7.34. The van der Waals surface area contributed by atoms with Crippen LogP contribution in [0.3, 0.4) is 0 Å². The third-order valence-corrected chi connectivity index (χ3v) is 3.63. The third kappa shape index (κ3) is 4.63. The van der Waals surface area contributed by atoms with Gasteiger partial charge in [0.2, 0.25) is 0 Å². The Morgan fingerprint density at radius 2 is 1.94 bits per heavy atom. The van der Waals surface area contributed by atoms with Crippen molar-refractivity contribution in [2.45, 2.75) is 19.8 Å². The fourth-order valence-electron chi connectivity index (χ4n) is 2.17. The smallest absolute Gasteiger partial charge is 0.0485 e. The zero-order chi connectivity index (χ0) is 13.4. The second-order valence-corrected chi connectivity index (χ2v) is 5.32. The van der Waals surface area contributed by atoms with Crippen molar-refractivity contribution >= 4 is 0 Å². The number of rotatable bonds is 6. The average molecular weight is 247 g/mol. The fourth-order valence-corrected chi connectivity index (χ4v) is 2.17. The molecule has 1 rings (SSSR count). The Labute approximate surface area is 111 Å². The van der Waals surface area contributed by atoms with E-state index >= 15 is 0 Å². The molecule has 2 nitrogen and oxygen atoms in total. The minimum atomic E-state index is 0.121. The van der Waals surface area contributed by atoms with Crippen molar-refractivity contribution in [2.24, 2.45) is 5.41 Å². The van der Waals surface area contributed by atoms with Gasteiger partial charge in [-0.25, -0.2) is 0 Å². The summed E-state index contributed by atoms with van der Waals surface area (Å²) in [7, 11) is 0. The quantitative estimate of drug-likeness (QED) is 0.730. The van der Waals surface area contributed by atoms with Crippen molar-refractivity contribution in [3.05, 3.63) is 49.1 Å². The summed E-state index contributed by atoms with van der Waals surface area (Å²) >= 11 is 0. The van der Waals surface area contributed by atoms with E-state index in [9.17, 15) is 5.11 Å². The predicted molar refractivity (Wildman–Crippen MR) is 78.5 cm³/mol. The van der Waals surface area contributed by atoms with Crippen LogP contribution in [0.5, 0.6) is 0 Å². The third-order valence-electron chi connectivity index (χ3n) is 3.63. The molecule has 1 aliphatic rings. The lowest BCUT2D eigenvalue weighted by Gasteiger charge is -2.38. The molecule has 0 aromatic carbocycles. The van der Waals surface area contributed by atoms with Gasteiger partial charge < -0.3 is 5.11 Å². The summed E-state index contributed by atoms with van der Waals surface area (Å²) in [5, 5.41) is 9.35. The van der Waals surface area contributed by atoms with Crippen LogP contribution < -0.4 is 0 Å². The van der Waals surface area contributed by atoms with E-state index in [4.69, 9.17) is 0 Å². The van der Waals surface area contributed by atoms with Gasteiger partial charge in [-0.05, 0) is 36.9 Å². The summed E-state index contributed by atoms with van der Waals surface area (Å²) in [4.78, 5) is 2.43. The molecule has 0 radical (unpaired) electrons. The minimum absolute atomic E-state index is 0.121. The molecule has 2 heteroatoms. The highest BCUT2D eigenvalue weighted by Crippen LogP contribution is 2.30. The summed E-state index contributed by atoms with van der Waals surface area (Å²) in [5.41, 5.74) is 1.37. The molecule has 0 aromatic heterocycles. The van der Waals surface area contributed by atoms with Gasteiger partial charge in [-0.1, -0.05) is 50.5 Å².